The van der Waals surface area contributed by atoms with Gasteiger partial charge in [-0.3, -0.25) is 4.79 Å². The molecule has 0 saturated heterocycles. The van der Waals surface area contributed by atoms with Crippen LogP contribution in [0.15, 0.2) is 60.7 Å². The van der Waals surface area contributed by atoms with E-state index in [9.17, 15) is 4.79 Å². The number of aromatic nitrogens is 2. The molecule has 0 fully saturated rings. The lowest BCUT2D eigenvalue weighted by atomic mass is 9.98. The molecule has 0 aliphatic heterocycles. The number of hydrogen-bond acceptors (Lipinski definition) is 3. The van der Waals surface area contributed by atoms with Gasteiger partial charge in [0.05, 0.1) is 17.8 Å². The van der Waals surface area contributed by atoms with E-state index >= 15 is 0 Å². The van der Waals surface area contributed by atoms with Gasteiger partial charge in [-0.2, -0.15) is 0 Å². The van der Waals surface area contributed by atoms with Crippen LogP contribution in [0.1, 0.15) is 114 Å². The Morgan fingerprint density at radius 3 is 2.27 bits per heavy atom. The lowest BCUT2D eigenvalue weighted by molar-refractivity contribution is -0.125. The lowest BCUT2D eigenvalue weighted by Gasteiger charge is -2.18. The molecule has 224 valence electrons. The number of benzene rings is 2. The second-order valence-corrected chi connectivity index (χ2v) is 11.4. The van der Waals surface area contributed by atoms with Gasteiger partial charge >= 0.3 is 0 Å². The minimum atomic E-state index is -0.890. The third-order valence-electron chi connectivity index (χ3n) is 7.41. The molecule has 0 spiro atoms. The maximum Gasteiger partial charge on any atom is 0.239 e. The van der Waals surface area contributed by atoms with Crippen molar-refractivity contribution in [2.45, 2.75) is 118 Å². The summed E-state index contributed by atoms with van der Waals surface area (Å²) in [5.41, 5.74) is 13.0. The van der Waals surface area contributed by atoms with E-state index in [1.54, 1.807) is 13.8 Å². The second-order valence-electron chi connectivity index (χ2n) is 11.4. The summed E-state index contributed by atoms with van der Waals surface area (Å²) in [4.78, 5) is 17.1. The van der Waals surface area contributed by atoms with Crippen molar-refractivity contribution in [2.24, 2.45) is 5.73 Å². The summed E-state index contributed by atoms with van der Waals surface area (Å²) < 4.78 is 2.32. The van der Waals surface area contributed by atoms with Crippen molar-refractivity contribution in [3.63, 3.8) is 0 Å². The van der Waals surface area contributed by atoms with E-state index in [-0.39, 0.29) is 5.91 Å². The van der Waals surface area contributed by atoms with Crippen LogP contribution in [0.25, 0.3) is 5.57 Å². The van der Waals surface area contributed by atoms with E-state index in [1.165, 1.54) is 60.1 Å². The molecule has 0 atom stereocenters. The third-order valence-corrected chi connectivity index (χ3v) is 7.41. The number of nitrogens with zero attached hydrogens (tertiary/aromatic N) is 2. The van der Waals surface area contributed by atoms with E-state index in [0.717, 1.165) is 37.3 Å². The Balaban J connectivity index is 0.000000377. The summed E-state index contributed by atoms with van der Waals surface area (Å²) in [6.45, 7) is 15.7. The lowest BCUT2D eigenvalue weighted by Crippen LogP contribution is -2.49. The SMILES string of the molecule is C/C=C(/C)c1ccccc1CCC.CCCCCCn1c(CNC(=O)C(C)(C)N)nc(CC)c1Cc1ccccc1. The number of rotatable bonds is 14. The third kappa shape index (κ3) is 11.0. The van der Waals surface area contributed by atoms with Crippen molar-refractivity contribution in [1.29, 1.82) is 0 Å². The van der Waals surface area contributed by atoms with Crippen molar-refractivity contribution < 1.29 is 4.79 Å². The zero-order valence-electron chi connectivity index (χ0n) is 26.7. The largest absolute Gasteiger partial charge is 0.347 e. The first-order valence-electron chi connectivity index (χ1n) is 15.6. The van der Waals surface area contributed by atoms with Gasteiger partial charge in [-0.1, -0.05) is 107 Å². The number of amides is 1. The number of allylic oxidation sites excluding steroid dienone is 2. The summed E-state index contributed by atoms with van der Waals surface area (Å²) in [5.74, 6) is 0.771. The van der Waals surface area contributed by atoms with E-state index < -0.39 is 5.54 Å². The van der Waals surface area contributed by atoms with Gasteiger partial charge in [-0.25, -0.2) is 4.98 Å². The van der Waals surface area contributed by atoms with E-state index in [0.29, 0.717) is 6.54 Å². The molecule has 0 bridgehead atoms. The quantitative estimate of drug-likeness (QED) is 0.197. The zero-order valence-corrected chi connectivity index (χ0v) is 26.7. The molecule has 1 heterocycles. The monoisotopic (exact) mass is 558 g/mol. The highest BCUT2D eigenvalue weighted by molar-refractivity contribution is 5.84. The van der Waals surface area contributed by atoms with Gasteiger partial charge in [-0.05, 0) is 69.2 Å². The summed E-state index contributed by atoms with van der Waals surface area (Å²) >= 11 is 0. The van der Waals surface area contributed by atoms with Gasteiger partial charge in [-0.15, -0.1) is 0 Å². The standard InChI is InChI=1S/C23H36N4O.C13H18/c1-5-7-8-12-15-27-20(16-18-13-10-9-11-14-18)19(6-2)26-21(27)17-25-22(28)23(3,4)24;1-4-8-12-9-6-7-10-13(12)11(3)5-2/h9-11,13-14H,5-8,12,15-17,24H2,1-4H3,(H,25,28);5-7,9-10H,4,8H2,1-3H3/b;11-5-. The highest BCUT2D eigenvalue weighted by Gasteiger charge is 2.23. The number of carbonyl (C=O) groups is 1. The fraction of sp³-hybridized carbons (Fsp3) is 0.500. The smallest absolute Gasteiger partial charge is 0.239 e. The van der Waals surface area contributed by atoms with Crippen LogP contribution in [0.2, 0.25) is 0 Å². The molecule has 5 heteroatoms. The van der Waals surface area contributed by atoms with Gasteiger partial charge in [0.2, 0.25) is 5.91 Å². The second kappa shape index (κ2) is 17.6. The van der Waals surface area contributed by atoms with Crippen molar-refractivity contribution in [3.8, 4) is 0 Å². The Morgan fingerprint density at radius 2 is 1.66 bits per heavy atom. The van der Waals surface area contributed by atoms with Crippen LogP contribution in [0.4, 0.5) is 0 Å². The first kappa shape index (κ1) is 34.0. The molecule has 3 rings (SSSR count). The molecule has 1 aromatic heterocycles. The van der Waals surface area contributed by atoms with Crippen molar-refractivity contribution >= 4 is 11.5 Å². The van der Waals surface area contributed by atoms with Crippen LogP contribution < -0.4 is 11.1 Å². The Kier molecular flexibility index (Phi) is 14.6. The molecule has 2 aromatic carbocycles. The van der Waals surface area contributed by atoms with Crippen LogP contribution in [-0.4, -0.2) is 21.0 Å². The van der Waals surface area contributed by atoms with E-state index in [1.807, 2.05) is 6.07 Å². The summed E-state index contributed by atoms with van der Waals surface area (Å²) in [7, 11) is 0. The Hall–Kier alpha value is -3.18. The molecule has 0 saturated carbocycles. The van der Waals surface area contributed by atoms with Crippen molar-refractivity contribution in [1.82, 2.24) is 14.9 Å². The average molecular weight is 559 g/mol. The van der Waals surface area contributed by atoms with Crippen molar-refractivity contribution in [3.05, 3.63) is 94.6 Å². The van der Waals surface area contributed by atoms with Crippen LogP contribution in [-0.2, 0) is 37.1 Å². The van der Waals surface area contributed by atoms with Gasteiger partial charge in [0.15, 0.2) is 0 Å². The number of aryl methyl sites for hydroxylation is 2. The normalized spacial score (nSPS) is 11.7. The summed E-state index contributed by atoms with van der Waals surface area (Å²) in [5, 5.41) is 2.96. The summed E-state index contributed by atoms with van der Waals surface area (Å²) in [6.07, 6.45) is 11.1. The Bertz CT molecular complexity index is 1220. The number of imidazole rings is 1. The maximum atomic E-state index is 12.2. The number of nitrogens with two attached hydrogens (primary N) is 1. The van der Waals surface area contributed by atoms with E-state index in [2.05, 4.69) is 99.1 Å². The molecule has 0 radical (unpaired) electrons. The Morgan fingerprint density at radius 1 is 0.976 bits per heavy atom. The topological polar surface area (TPSA) is 72.9 Å². The van der Waals surface area contributed by atoms with E-state index in [4.69, 9.17) is 10.7 Å². The molecule has 5 nitrogen and oxygen atoms in total. The average Bonchev–Trinajstić information content (AvgIpc) is 3.30. The fourth-order valence-electron chi connectivity index (χ4n) is 4.89. The number of hydrogen-bond donors (Lipinski definition) is 2. The number of nitrogens with one attached hydrogen (secondary N) is 1. The van der Waals surface area contributed by atoms with Crippen LogP contribution in [0.3, 0.4) is 0 Å². The molecule has 0 aliphatic rings. The van der Waals surface area contributed by atoms with Gasteiger partial charge < -0.3 is 15.6 Å². The molecule has 1 amide bonds. The first-order valence-corrected chi connectivity index (χ1v) is 15.6. The van der Waals surface area contributed by atoms with Gasteiger partial charge in [0.25, 0.3) is 0 Å². The predicted octanol–water partition coefficient (Wildman–Crippen LogP) is 8.03. The molecular formula is C36H54N4O. The molecule has 3 N–H and O–H groups in total. The number of unbranched alkanes of at least 4 members (excludes halogenated alkanes) is 3. The summed E-state index contributed by atoms with van der Waals surface area (Å²) in [6, 6.07) is 19.2. The van der Waals surface area contributed by atoms with Gasteiger partial charge in [0.1, 0.15) is 5.82 Å². The van der Waals surface area contributed by atoms with Crippen LogP contribution in [0, 0.1) is 0 Å². The molecule has 3 aromatic rings. The minimum absolute atomic E-state index is 0.157. The van der Waals surface area contributed by atoms with Gasteiger partial charge in [0, 0.05) is 18.7 Å². The highest BCUT2D eigenvalue weighted by atomic mass is 16.2. The van der Waals surface area contributed by atoms with Crippen LogP contribution >= 0.6 is 0 Å². The predicted molar refractivity (Wildman–Crippen MR) is 175 cm³/mol. The number of carbonyl (C=O) groups excluding carboxylic acids is 1. The zero-order chi connectivity index (χ0) is 30.3. The maximum absolute atomic E-state index is 12.2. The highest BCUT2D eigenvalue weighted by Crippen LogP contribution is 2.21. The fourth-order valence-corrected chi connectivity index (χ4v) is 4.89. The molecule has 41 heavy (non-hydrogen) atoms. The first-order chi connectivity index (χ1) is 19.7. The molecule has 0 unspecified atom stereocenters. The Labute approximate surface area is 249 Å². The molecule has 0 aliphatic carbocycles. The van der Waals surface area contributed by atoms with Crippen molar-refractivity contribution in [2.75, 3.05) is 0 Å². The van der Waals surface area contributed by atoms with Crippen LogP contribution in [0.5, 0.6) is 0 Å². The minimum Gasteiger partial charge on any atom is -0.347 e. The molecular weight excluding hydrogens is 504 g/mol.